The van der Waals surface area contributed by atoms with Crippen LogP contribution in [0, 0.1) is 0 Å². The minimum atomic E-state index is -2.03. The molecule has 0 aliphatic carbocycles. The van der Waals surface area contributed by atoms with E-state index in [0.29, 0.717) is 6.54 Å². The van der Waals surface area contributed by atoms with Crippen molar-refractivity contribution in [2.75, 3.05) is 26.2 Å². The quantitative estimate of drug-likeness (QED) is 0.474. The number of nitrogens with zero attached hydrogens (tertiary/aromatic N) is 1. The fourth-order valence-electron chi connectivity index (χ4n) is 2.54. The summed E-state index contributed by atoms with van der Waals surface area (Å²) in [6, 6.07) is 0. The lowest BCUT2D eigenvalue weighted by Gasteiger charge is -2.29. The van der Waals surface area contributed by atoms with Gasteiger partial charge in [0.1, 0.15) is 18.3 Å². The van der Waals surface area contributed by atoms with Crippen LogP contribution in [0.1, 0.15) is 19.3 Å². The Labute approximate surface area is 100 Å². The highest BCUT2D eigenvalue weighted by molar-refractivity contribution is 4.96. The first-order chi connectivity index (χ1) is 8.07. The van der Waals surface area contributed by atoms with Crippen LogP contribution >= 0.6 is 0 Å². The first-order valence-electron chi connectivity index (χ1n) is 6.16. The van der Waals surface area contributed by atoms with Gasteiger partial charge in [-0.2, -0.15) is 0 Å². The van der Waals surface area contributed by atoms with Crippen LogP contribution in [0.5, 0.6) is 0 Å². The molecular formula is C11H21NO5. The zero-order valence-electron chi connectivity index (χ0n) is 9.83. The van der Waals surface area contributed by atoms with Gasteiger partial charge in [0.15, 0.2) is 0 Å². The van der Waals surface area contributed by atoms with E-state index in [1.165, 1.54) is 6.42 Å². The van der Waals surface area contributed by atoms with E-state index in [-0.39, 0.29) is 0 Å². The van der Waals surface area contributed by atoms with Crippen molar-refractivity contribution in [1.82, 2.24) is 4.90 Å². The Morgan fingerprint density at radius 2 is 1.82 bits per heavy atom. The lowest BCUT2D eigenvalue weighted by molar-refractivity contribution is -0.246. The predicted octanol–water partition coefficient (Wildman–Crippen LogP) is -1.73. The maximum atomic E-state index is 9.78. The number of hydrogen-bond acceptors (Lipinski definition) is 6. The molecular weight excluding hydrogens is 226 g/mol. The lowest BCUT2D eigenvalue weighted by Crippen LogP contribution is -2.46. The fourth-order valence-corrected chi connectivity index (χ4v) is 2.54. The molecule has 6 heteroatoms. The van der Waals surface area contributed by atoms with Gasteiger partial charge in [0.2, 0.25) is 5.79 Å². The Morgan fingerprint density at radius 3 is 2.35 bits per heavy atom. The van der Waals surface area contributed by atoms with E-state index in [1.54, 1.807) is 0 Å². The molecule has 2 rings (SSSR count). The molecule has 2 aliphatic rings. The molecule has 0 radical (unpaired) electrons. The summed E-state index contributed by atoms with van der Waals surface area (Å²) < 4.78 is 5.19. The van der Waals surface area contributed by atoms with Crippen molar-refractivity contribution in [1.29, 1.82) is 0 Å². The third-order valence-electron chi connectivity index (χ3n) is 3.64. The second kappa shape index (κ2) is 5.17. The molecule has 0 spiro atoms. The molecule has 2 heterocycles. The van der Waals surface area contributed by atoms with E-state index < -0.39 is 30.7 Å². The van der Waals surface area contributed by atoms with Crippen LogP contribution in [0.25, 0.3) is 0 Å². The minimum Gasteiger partial charge on any atom is -0.391 e. The number of aliphatic hydroxyl groups is 4. The van der Waals surface area contributed by atoms with E-state index in [4.69, 9.17) is 9.84 Å². The molecule has 17 heavy (non-hydrogen) atoms. The Hall–Kier alpha value is -0.240. The molecule has 0 amide bonds. The molecule has 100 valence electrons. The number of hydrogen-bond donors (Lipinski definition) is 4. The number of likely N-dealkylation sites (tertiary alicyclic amines) is 1. The summed E-state index contributed by atoms with van der Waals surface area (Å²) >= 11 is 0. The van der Waals surface area contributed by atoms with Crippen molar-refractivity contribution >= 4 is 0 Å². The van der Waals surface area contributed by atoms with E-state index >= 15 is 0 Å². The van der Waals surface area contributed by atoms with Crippen molar-refractivity contribution in [2.45, 2.75) is 43.4 Å². The highest BCUT2D eigenvalue weighted by Crippen LogP contribution is 2.29. The summed E-state index contributed by atoms with van der Waals surface area (Å²) in [6.45, 7) is 1.64. The third-order valence-corrected chi connectivity index (χ3v) is 3.64. The van der Waals surface area contributed by atoms with Crippen LogP contribution in [-0.2, 0) is 4.74 Å². The van der Waals surface area contributed by atoms with Gasteiger partial charge in [-0.25, -0.2) is 0 Å². The molecule has 6 nitrogen and oxygen atoms in total. The summed E-state index contributed by atoms with van der Waals surface area (Å²) in [5.74, 6) is -2.03. The molecule has 0 saturated carbocycles. The third kappa shape index (κ3) is 2.62. The number of ether oxygens (including phenoxy) is 1. The standard InChI is InChI=1S/C11H21NO5/c13-7-11(16)10(15)9(14)8(17-11)6-12-4-2-1-3-5-12/h8-10,13-16H,1-7H2/t8-,9+,10-,11+/m0/s1. The Balaban J connectivity index is 1.93. The second-order valence-corrected chi connectivity index (χ2v) is 4.96. The molecule has 0 bridgehead atoms. The van der Waals surface area contributed by atoms with Gasteiger partial charge < -0.3 is 30.1 Å². The van der Waals surface area contributed by atoms with Crippen molar-refractivity contribution in [2.24, 2.45) is 0 Å². The minimum absolute atomic E-state index is 0.473. The topological polar surface area (TPSA) is 93.4 Å². The van der Waals surface area contributed by atoms with E-state index in [0.717, 1.165) is 25.9 Å². The summed E-state index contributed by atoms with van der Waals surface area (Å²) in [4.78, 5) is 2.15. The zero-order valence-corrected chi connectivity index (χ0v) is 9.83. The zero-order chi connectivity index (χ0) is 12.5. The van der Waals surface area contributed by atoms with E-state index in [2.05, 4.69) is 4.90 Å². The van der Waals surface area contributed by atoms with Crippen LogP contribution in [0.4, 0.5) is 0 Å². The first-order valence-corrected chi connectivity index (χ1v) is 6.16. The molecule has 0 aromatic rings. The second-order valence-electron chi connectivity index (χ2n) is 4.96. The predicted molar refractivity (Wildman–Crippen MR) is 59.2 cm³/mol. The molecule has 4 N–H and O–H groups in total. The molecule has 2 aliphatic heterocycles. The van der Waals surface area contributed by atoms with Crippen molar-refractivity contribution in [3.05, 3.63) is 0 Å². The maximum Gasteiger partial charge on any atom is 0.219 e. The van der Waals surface area contributed by atoms with Crippen molar-refractivity contribution < 1.29 is 25.2 Å². The average molecular weight is 247 g/mol. The van der Waals surface area contributed by atoms with Crippen molar-refractivity contribution in [3.8, 4) is 0 Å². The van der Waals surface area contributed by atoms with Crippen LogP contribution in [-0.4, -0.2) is 75.7 Å². The molecule has 2 saturated heterocycles. The Bertz CT molecular complexity index is 258. The Morgan fingerprint density at radius 1 is 1.18 bits per heavy atom. The largest absolute Gasteiger partial charge is 0.391 e. The number of rotatable bonds is 3. The van der Waals surface area contributed by atoms with E-state index in [9.17, 15) is 15.3 Å². The van der Waals surface area contributed by atoms with Crippen LogP contribution in [0.2, 0.25) is 0 Å². The summed E-state index contributed by atoms with van der Waals surface area (Å²) in [5, 5.41) is 38.1. The van der Waals surface area contributed by atoms with Gasteiger partial charge >= 0.3 is 0 Å². The van der Waals surface area contributed by atoms with Crippen LogP contribution in [0.3, 0.4) is 0 Å². The van der Waals surface area contributed by atoms with Gasteiger partial charge in [-0.05, 0) is 25.9 Å². The van der Waals surface area contributed by atoms with Gasteiger partial charge in [0, 0.05) is 6.54 Å². The Kier molecular flexibility index (Phi) is 4.02. The van der Waals surface area contributed by atoms with Crippen molar-refractivity contribution in [3.63, 3.8) is 0 Å². The number of aliphatic hydroxyl groups excluding tert-OH is 3. The van der Waals surface area contributed by atoms with Gasteiger partial charge in [-0.3, -0.25) is 0 Å². The van der Waals surface area contributed by atoms with Gasteiger partial charge in [0.05, 0.1) is 6.61 Å². The van der Waals surface area contributed by atoms with Gasteiger partial charge in [-0.15, -0.1) is 0 Å². The number of piperidine rings is 1. The van der Waals surface area contributed by atoms with Crippen LogP contribution < -0.4 is 0 Å². The average Bonchev–Trinajstić information content (AvgIpc) is 2.56. The SMILES string of the molecule is OC[C@@]1(O)O[C@@H](CN2CCCCC2)[C@@H](O)[C@@H]1O. The smallest absolute Gasteiger partial charge is 0.219 e. The maximum absolute atomic E-state index is 9.78. The van der Waals surface area contributed by atoms with E-state index in [1.807, 2.05) is 0 Å². The molecule has 0 aromatic heterocycles. The van der Waals surface area contributed by atoms with Crippen LogP contribution in [0.15, 0.2) is 0 Å². The summed E-state index contributed by atoms with van der Waals surface area (Å²) in [7, 11) is 0. The summed E-state index contributed by atoms with van der Waals surface area (Å²) in [5.41, 5.74) is 0. The normalized spacial score (nSPS) is 44.1. The highest BCUT2D eigenvalue weighted by Gasteiger charge is 2.53. The molecule has 0 unspecified atom stereocenters. The van der Waals surface area contributed by atoms with Gasteiger partial charge in [-0.1, -0.05) is 6.42 Å². The lowest BCUT2D eigenvalue weighted by atomic mass is 10.0. The first kappa shape index (κ1) is 13.2. The summed E-state index contributed by atoms with van der Waals surface area (Å²) in [6.07, 6.45) is 0.190. The molecule has 4 atom stereocenters. The van der Waals surface area contributed by atoms with Gasteiger partial charge in [0.25, 0.3) is 0 Å². The fraction of sp³-hybridized carbons (Fsp3) is 1.00. The monoisotopic (exact) mass is 247 g/mol. The molecule has 2 fully saturated rings. The highest BCUT2D eigenvalue weighted by atomic mass is 16.7. The molecule has 0 aromatic carbocycles.